The number of nitrogens with one attached hydrogen (secondary N) is 1. The van der Waals surface area contributed by atoms with Gasteiger partial charge in [0.25, 0.3) is 5.91 Å². The Balaban J connectivity index is 1.85. The second kappa shape index (κ2) is 8.87. The van der Waals surface area contributed by atoms with Crippen LogP contribution in [0.3, 0.4) is 0 Å². The smallest absolute Gasteiger partial charge is 0.255 e. The minimum absolute atomic E-state index is 0.130. The standard InChI is InChI=1S/C22H27N3O4S/c1-16-10-12-18(13-11-16)25(30(3,28)29)17(2)21(26)23-20-9-5-4-8-19(20)22(27)24-14-6-7-15-24/h4-5,8-13,17H,6-7,14-15H2,1-3H3,(H,23,26)/t17-/m1/s1. The fraction of sp³-hybridized carbons (Fsp3) is 0.364. The lowest BCUT2D eigenvalue weighted by atomic mass is 10.1. The number of nitrogens with zero attached hydrogens (tertiary/aromatic N) is 2. The van der Waals surface area contributed by atoms with E-state index in [2.05, 4.69) is 5.32 Å². The molecular weight excluding hydrogens is 402 g/mol. The molecule has 1 aliphatic rings. The highest BCUT2D eigenvalue weighted by Gasteiger charge is 2.30. The number of carbonyl (C=O) groups excluding carboxylic acids is 2. The van der Waals surface area contributed by atoms with Gasteiger partial charge in [-0.3, -0.25) is 13.9 Å². The summed E-state index contributed by atoms with van der Waals surface area (Å²) >= 11 is 0. The Morgan fingerprint density at radius 3 is 2.23 bits per heavy atom. The van der Waals surface area contributed by atoms with Crippen molar-refractivity contribution in [3.05, 3.63) is 59.7 Å². The first kappa shape index (κ1) is 21.8. The van der Waals surface area contributed by atoms with Gasteiger partial charge in [0, 0.05) is 13.1 Å². The van der Waals surface area contributed by atoms with Gasteiger partial charge in [0.05, 0.1) is 23.2 Å². The average Bonchev–Trinajstić information content (AvgIpc) is 3.23. The summed E-state index contributed by atoms with van der Waals surface area (Å²) in [4.78, 5) is 27.6. The highest BCUT2D eigenvalue weighted by Crippen LogP contribution is 2.24. The summed E-state index contributed by atoms with van der Waals surface area (Å²) in [5.41, 5.74) is 2.18. The molecule has 2 aromatic carbocycles. The van der Waals surface area contributed by atoms with Gasteiger partial charge < -0.3 is 10.2 Å². The van der Waals surface area contributed by atoms with Gasteiger partial charge in [-0.25, -0.2) is 8.42 Å². The number of aryl methyl sites for hydroxylation is 1. The molecule has 1 N–H and O–H groups in total. The van der Waals surface area contributed by atoms with E-state index in [0.717, 1.165) is 29.0 Å². The zero-order valence-corrected chi connectivity index (χ0v) is 18.3. The molecule has 1 atom stereocenters. The van der Waals surface area contributed by atoms with Gasteiger partial charge in [0.15, 0.2) is 0 Å². The molecule has 1 fully saturated rings. The van der Waals surface area contributed by atoms with Crippen LogP contribution in [0.25, 0.3) is 0 Å². The van der Waals surface area contributed by atoms with Crippen LogP contribution < -0.4 is 9.62 Å². The van der Waals surface area contributed by atoms with Crippen LogP contribution in [0.1, 0.15) is 35.7 Å². The molecule has 1 aliphatic heterocycles. The predicted octanol–water partition coefficient (Wildman–Crippen LogP) is 3.02. The van der Waals surface area contributed by atoms with E-state index < -0.39 is 22.0 Å². The van der Waals surface area contributed by atoms with E-state index in [1.54, 1.807) is 53.4 Å². The quantitative estimate of drug-likeness (QED) is 0.765. The van der Waals surface area contributed by atoms with Crippen molar-refractivity contribution in [1.29, 1.82) is 0 Å². The number of para-hydroxylation sites is 1. The number of anilines is 2. The molecule has 8 heteroatoms. The van der Waals surface area contributed by atoms with E-state index in [9.17, 15) is 18.0 Å². The van der Waals surface area contributed by atoms with Crippen LogP contribution in [0, 0.1) is 6.92 Å². The lowest BCUT2D eigenvalue weighted by molar-refractivity contribution is -0.116. The lowest BCUT2D eigenvalue weighted by Crippen LogP contribution is -2.45. The van der Waals surface area contributed by atoms with Gasteiger partial charge in [0.1, 0.15) is 6.04 Å². The molecule has 3 rings (SSSR count). The summed E-state index contributed by atoms with van der Waals surface area (Å²) in [5, 5.41) is 2.76. The van der Waals surface area contributed by atoms with Crippen molar-refractivity contribution in [2.24, 2.45) is 0 Å². The topological polar surface area (TPSA) is 86.8 Å². The van der Waals surface area contributed by atoms with E-state index in [1.165, 1.54) is 6.92 Å². The van der Waals surface area contributed by atoms with Crippen LogP contribution in [0.5, 0.6) is 0 Å². The second-order valence-corrected chi connectivity index (χ2v) is 9.46. The third kappa shape index (κ3) is 4.81. The second-order valence-electron chi connectivity index (χ2n) is 7.60. The molecule has 0 bridgehead atoms. The molecule has 1 heterocycles. The first-order chi connectivity index (χ1) is 14.2. The highest BCUT2D eigenvalue weighted by atomic mass is 32.2. The first-order valence-electron chi connectivity index (χ1n) is 9.94. The number of likely N-dealkylation sites (tertiary alicyclic amines) is 1. The average molecular weight is 430 g/mol. The molecule has 30 heavy (non-hydrogen) atoms. The molecule has 7 nitrogen and oxygen atoms in total. The van der Waals surface area contributed by atoms with Gasteiger partial charge in [-0.05, 0) is 51.0 Å². The summed E-state index contributed by atoms with van der Waals surface area (Å²) in [7, 11) is -3.71. The van der Waals surface area contributed by atoms with Crippen molar-refractivity contribution in [3.8, 4) is 0 Å². The van der Waals surface area contributed by atoms with Gasteiger partial charge in [0.2, 0.25) is 15.9 Å². The molecule has 0 aliphatic carbocycles. The van der Waals surface area contributed by atoms with Crippen molar-refractivity contribution >= 4 is 33.2 Å². The maximum atomic E-state index is 13.0. The number of carbonyl (C=O) groups is 2. The van der Waals surface area contributed by atoms with Crippen molar-refractivity contribution in [3.63, 3.8) is 0 Å². The summed E-state index contributed by atoms with van der Waals surface area (Å²) in [5.74, 6) is -0.641. The fourth-order valence-corrected chi connectivity index (χ4v) is 4.78. The number of hydrogen-bond donors (Lipinski definition) is 1. The number of rotatable bonds is 6. The highest BCUT2D eigenvalue weighted by molar-refractivity contribution is 7.92. The van der Waals surface area contributed by atoms with Crippen molar-refractivity contribution in [2.75, 3.05) is 29.0 Å². The van der Waals surface area contributed by atoms with Gasteiger partial charge >= 0.3 is 0 Å². The third-order valence-electron chi connectivity index (χ3n) is 5.19. The van der Waals surface area contributed by atoms with Gasteiger partial charge in [-0.15, -0.1) is 0 Å². The minimum atomic E-state index is -3.71. The molecule has 0 saturated carbocycles. The fourth-order valence-electron chi connectivity index (χ4n) is 3.61. The molecule has 160 valence electrons. The Morgan fingerprint density at radius 2 is 1.63 bits per heavy atom. The van der Waals surface area contributed by atoms with Crippen LogP contribution in [-0.2, 0) is 14.8 Å². The van der Waals surface area contributed by atoms with E-state index >= 15 is 0 Å². The SMILES string of the molecule is Cc1ccc(N([C@H](C)C(=O)Nc2ccccc2C(=O)N2CCCC2)S(C)(=O)=O)cc1. The third-order valence-corrected chi connectivity index (χ3v) is 6.43. The monoisotopic (exact) mass is 429 g/mol. The van der Waals surface area contributed by atoms with E-state index in [1.807, 2.05) is 6.92 Å². The molecule has 0 unspecified atom stereocenters. The van der Waals surface area contributed by atoms with E-state index in [-0.39, 0.29) is 5.91 Å². The molecule has 0 radical (unpaired) electrons. The normalized spacial score (nSPS) is 15.0. The molecule has 2 aromatic rings. The minimum Gasteiger partial charge on any atom is -0.339 e. The lowest BCUT2D eigenvalue weighted by Gasteiger charge is -2.28. The number of sulfonamides is 1. The maximum absolute atomic E-state index is 13.0. The molecule has 1 saturated heterocycles. The summed E-state index contributed by atoms with van der Waals surface area (Å²) < 4.78 is 26.0. The number of hydrogen-bond acceptors (Lipinski definition) is 4. The Bertz CT molecular complexity index is 1030. The largest absolute Gasteiger partial charge is 0.339 e. The number of benzene rings is 2. The van der Waals surface area contributed by atoms with Crippen molar-refractivity contribution in [2.45, 2.75) is 32.7 Å². The Hall–Kier alpha value is -2.87. The van der Waals surface area contributed by atoms with Crippen LogP contribution in [0.15, 0.2) is 48.5 Å². The zero-order valence-electron chi connectivity index (χ0n) is 17.5. The number of amides is 2. The van der Waals surface area contributed by atoms with Gasteiger partial charge in [-0.1, -0.05) is 29.8 Å². The summed E-state index contributed by atoms with van der Waals surface area (Å²) in [6, 6.07) is 12.7. The molecule has 2 amide bonds. The Kier molecular flexibility index (Phi) is 6.45. The molecule has 0 spiro atoms. The summed E-state index contributed by atoms with van der Waals surface area (Å²) in [6.07, 6.45) is 3.01. The maximum Gasteiger partial charge on any atom is 0.255 e. The van der Waals surface area contributed by atoms with Crippen LogP contribution in [0.4, 0.5) is 11.4 Å². The molecule has 0 aromatic heterocycles. The first-order valence-corrected chi connectivity index (χ1v) is 11.8. The van der Waals surface area contributed by atoms with E-state index in [0.29, 0.717) is 30.0 Å². The predicted molar refractivity (Wildman–Crippen MR) is 118 cm³/mol. The van der Waals surface area contributed by atoms with Gasteiger partial charge in [-0.2, -0.15) is 0 Å². The summed E-state index contributed by atoms with van der Waals surface area (Å²) in [6.45, 7) is 4.83. The van der Waals surface area contributed by atoms with E-state index in [4.69, 9.17) is 0 Å². The van der Waals surface area contributed by atoms with Crippen LogP contribution >= 0.6 is 0 Å². The Labute approximate surface area is 177 Å². The van der Waals surface area contributed by atoms with Crippen LogP contribution in [-0.4, -0.2) is 50.5 Å². The molecular formula is C22H27N3O4S. The van der Waals surface area contributed by atoms with Crippen LogP contribution in [0.2, 0.25) is 0 Å². The zero-order chi connectivity index (χ0) is 21.9. The Morgan fingerprint density at radius 1 is 1.03 bits per heavy atom. The van der Waals surface area contributed by atoms with Crippen molar-refractivity contribution < 1.29 is 18.0 Å². The van der Waals surface area contributed by atoms with Crippen molar-refractivity contribution in [1.82, 2.24) is 4.90 Å².